The van der Waals surface area contributed by atoms with Crippen LogP contribution in [0.5, 0.6) is 0 Å². The first-order valence-electron chi connectivity index (χ1n) is 7.79. The fourth-order valence-corrected chi connectivity index (χ4v) is 5.03. The molecule has 22 heavy (non-hydrogen) atoms. The molecular formula is C16H23NO4S. The van der Waals surface area contributed by atoms with E-state index in [9.17, 15) is 8.42 Å². The Kier molecular flexibility index (Phi) is 4.54. The summed E-state index contributed by atoms with van der Waals surface area (Å²) in [5, 5.41) is 0. The zero-order chi connectivity index (χ0) is 15.7. The third-order valence-electron chi connectivity index (χ3n) is 4.41. The summed E-state index contributed by atoms with van der Waals surface area (Å²) in [4.78, 5) is 0.418. The summed E-state index contributed by atoms with van der Waals surface area (Å²) in [6.45, 7) is 6.00. The predicted octanol–water partition coefficient (Wildman–Crippen LogP) is 2.08. The third-order valence-corrected chi connectivity index (χ3v) is 6.42. The minimum Gasteiger partial charge on any atom is -0.350 e. The topological polar surface area (TPSA) is 55.8 Å². The van der Waals surface area contributed by atoms with E-state index in [2.05, 4.69) is 0 Å². The van der Waals surface area contributed by atoms with Crippen molar-refractivity contribution >= 4 is 10.0 Å². The smallest absolute Gasteiger partial charge is 0.243 e. The van der Waals surface area contributed by atoms with Crippen LogP contribution >= 0.6 is 0 Å². The molecule has 0 bridgehead atoms. The van der Waals surface area contributed by atoms with E-state index in [-0.39, 0.29) is 12.2 Å². The second kappa shape index (κ2) is 6.28. The monoisotopic (exact) mass is 325 g/mol. The second-order valence-electron chi connectivity index (χ2n) is 6.14. The molecule has 122 valence electrons. The van der Waals surface area contributed by atoms with Gasteiger partial charge in [-0.3, -0.25) is 0 Å². The molecule has 0 N–H and O–H groups in total. The van der Waals surface area contributed by atoms with Crippen LogP contribution in [0, 0.1) is 19.8 Å². The number of piperidine rings is 1. The van der Waals surface area contributed by atoms with Gasteiger partial charge in [-0.15, -0.1) is 0 Å². The van der Waals surface area contributed by atoms with E-state index in [0.717, 1.165) is 24.0 Å². The maximum Gasteiger partial charge on any atom is 0.243 e. The van der Waals surface area contributed by atoms with Crippen molar-refractivity contribution in [3.8, 4) is 0 Å². The fourth-order valence-electron chi connectivity index (χ4n) is 3.19. The third kappa shape index (κ3) is 3.06. The minimum absolute atomic E-state index is 0.121. The Labute approximate surface area is 132 Å². The van der Waals surface area contributed by atoms with Crippen LogP contribution in [0.1, 0.15) is 24.0 Å². The molecule has 2 saturated heterocycles. The summed E-state index contributed by atoms with van der Waals surface area (Å²) >= 11 is 0. The van der Waals surface area contributed by atoms with Crippen LogP contribution in [0.4, 0.5) is 0 Å². The summed E-state index contributed by atoms with van der Waals surface area (Å²) in [5.41, 5.74) is 1.75. The maximum absolute atomic E-state index is 13.0. The number of rotatable bonds is 3. The van der Waals surface area contributed by atoms with Gasteiger partial charge in [-0.1, -0.05) is 12.1 Å². The van der Waals surface area contributed by atoms with Gasteiger partial charge in [0.05, 0.1) is 18.1 Å². The number of aryl methyl sites for hydroxylation is 2. The van der Waals surface area contributed by atoms with Crippen molar-refractivity contribution in [1.82, 2.24) is 4.31 Å². The maximum atomic E-state index is 13.0. The van der Waals surface area contributed by atoms with Gasteiger partial charge in [0.15, 0.2) is 6.29 Å². The zero-order valence-corrected chi connectivity index (χ0v) is 13.9. The molecule has 0 saturated carbocycles. The average Bonchev–Trinajstić information content (AvgIpc) is 3.04. The summed E-state index contributed by atoms with van der Waals surface area (Å²) in [6.07, 6.45) is 1.54. The predicted molar refractivity (Wildman–Crippen MR) is 83.1 cm³/mol. The molecule has 0 spiro atoms. The number of sulfonamides is 1. The van der Waals surface area contributed by atoms with Gasteiger partial charge in [-0.2, -0.15) is 4.31 Å². The SMILES string of the molecule is Cc1ccc(C)c(S(=O)(=O)N2CCC[C@H](C3OCCO3)C2)c1. The number of benzene rings is 1. The van der Waals surface area contributed by atoms with E-state index < -0.39 is 10.0 Å². The molecule has 2 aliphatic rings. The Morgan fingerprint density at radius 2 is 1.91 bits per heavy atom. The lowest BCUT2D eigenvalue weighted by atomic mass is 9.99. The normalized spacial score (nSPS) is 24.7. The number of hydrogen-bond donors (Lipinski definition) is 0. The number of hydrogen-bond acceptors (Lipinski definition) is 4. The van der Waals surface area contributed by atoms with Crippen LogP contribution in [0.25, 0.3) is 0 Å². The van der Waals surface area contributed by atoms with Crippen molar-refractivity contribution < 1.29 is 17.9 Å². The van der Waals surface area contributed by atoms with Crippen molar-refractivity contribution in [1.29, 1.82) is 0 Å². The van der Waals surface area contributed by atoms with Gasteiger partial charge >= 0.3 is 0 Å². The number of ether oxygens (including phenoxy) is 2. The first-order valence-corrected chi connectivity index (χ1v) is 9.23. The molecule has 2 fully saturated rings. The lowest BCUT2D eigenvalue weighted by Gasteiger charge is -2.34. The van der Waals surface area contributed by atoms with Crippen molar-refractivity contribution in [2.75, 3.05) is 26.3 Å². The molecule has 0 aliphatic carbocycles. The molecule has 0 unspecified atom stereocenters. The van der Waals surface area contributed by atoms with E-state index >= 15 is 0 Å². The second-order valence-corrected chi connectivity index (χ2v) is 8.05. The molecule has 2 aliphatic heterocycles. The van der Waals surface area contributed by atoms with Gasteiger partial charge < -0.3 is 9.47 Å². The molecule has 1 atom stereocenters. The molecule has 1 aromatic rings. The Morgan fingerprint density at radius 3 is 2.64 bits per heavy atom. The Balaban J connectivity index is 1.83. The van der Waals surface area contributed by atoms with Crippen LogP contribution in [0.2, 0.25) is 0 Å². The van der Waals surface area contributed by atoms with Crippen LogP contribution in [0.15, 0.2) is 23.1 Å². The molecule has 2 heterocycles. The quantitative estimate of drug-likeness (QED) is 0.854. The van der Waals surface area contributed by atoms with Crippen LogP contribution in [0.3, 0.4) is 0 Å². The van der Waals surface area contributed by atoms with Crippen molar-refractivity contribution in [3.05, 3.63) is 29.3 Å². The van der Waals surface area contributed by atoms with Gasteiger partial charge in [0.1, 0.15) is 0 Å². The average molecular weight is 325 g/mol. The summed E-state index contributed by atoms with van der Waals surface area (Å²) in [5.74, 6) is 0.121. The zero-order valence-electron chi connectivity index (χ0n) is 13.1. The molecule has 0 radical (unpaired) electrons. The highest BCUT2D eigenvalue weighted by Crippen LogP contribution is 2.29. The van der Waals surface area contributed by atoms with Crippen molar-refractivity contribution in [2.24, 2.45) is 5.92 Å². The summed E-state index contributed by atoms with van der Waals surface area (Å²) < 4.78 is 38.6. The van der Waals surface area contributed by atoms with Gasteiger partial charge in [0.25, 0.3) is 0 Å². The van der Waals surface area contributed by atoms with Gasteiger partial charge in [0, 0.05) is 19.0 Å². The molecular weight excluding hydrogens is 302 g/mol. The van der Waals surface area contributed by atoms with Crippen LogP contribution < -0.4 is 0 Å². The molecule has 5 nitrogen and oxygen atoms in total. The van der Waals surface area contributed by atoms with Gasteiger partial charge in [0.2, 0.25) is 10.0 Å². The summed E-state index contributed by atoms with van der Waals surface area (Å²) in [7, 11) is -3.46. The highest BCUT2D eigenvalue weighted by Gasteiger charge is 2.36. The Hall–Kier alpha value is -0.950. The molecule has 3 rings (SSSR count). The van der Waals surface area contributed by atoms with E-state index in [4.69, 9.17) is 9.47 Å². The highest BCUT2D eigenvalue weighted by molar-refractivity contribution is 7.89. The molecule has 0 aromatic heterocycles. The van der Waals surface area contributed by atoms with E-state index in [0.29, 0.717) is 31.2 Å². The fraction of sp³-hybridized carbons (Fsp3) is 0.625. The van der Waals surface area contributed by atoms with Crippen molar-refractivity contribution in [2.45, 2.75) is 37.9 Å². The standard InChI is InChI=1S/C16H23NO4S/c1-12-5-6-13(2)15(10-12)22(18,19)17-7-3-4-14(11-17)16-20-8-9-21-16/h5-6,10,14,16H,3-4,7-9,11H2,1-2H3/t14-/m0/s1. The summed E-state index contributed by atoms with van der Waals surface area (Å²) in [6, 6.07) is 5.57. The highest BCUT2D eigenvalue weighted by atomic mass is 32.2. The number of nitrogens with zero attached hydrogens (tertiary/aromatic N) is 1. The first kappa shape index (κ1) is 15.9. The lowest BCUT2D eigenvalue weighted by molar-refractivity contribution is -0.0940. The van der Waals surface area contributed by atoms with E-state index in [1.807, 2.05) is 26.0 Å². The van der Waals surface area contributed by atoms with Crippen molar-refractivity contribution in [3.63, 3.8) is 0 Å². The molecule has 1 aromatic carbocycles. The Bertz CT molecular complexity index is 638. The van der Waals surface area contributed by atoms with Crippen LogP contribution in [-0.4, -0.2) is 45.3 Å². The van der Waals surface area contributed by atoms with Gasteiger partial charge in [-0.25, -0.2) is 8.42 Å². The van der Waals surface area contributed by atoms with Crippen LogP contribution in [-0.2, 0) is 19.5 Å². The molecule has 0 amide bonds. The Morgan fingerprint density at radius 1 is 1.18 bits per heavy atom. The lowest BCUT2D eigenvalue weighted by Crippen LogP contribution is -2.43. The van der Waals surface area contributed by atoms with Gasteiger partial charge in [-0.05, 0) is 43.9 Å². The largest absolute Gasteiger partial charge is 0.350 e. The first-order chi connectivity index (χ1) is 10.5. The van der Waals surface area contributed by atoms with E-state index in [1.165, 1.54) is 0 Å². The van der Waals surface area contributed by atoms with E-state index in [1.54, 1.807) is 10.4 Å². The minimum atomic E-state index is -3.46. The molecule has 6 heteroatoms.